The number of fused-ring (bicyclic) bond motifs is 1. The maximum absolute atomic E-state index is 13.0. The molecule has 1 heterocycles. The zero-order valence-corrected chi connectivity index (χ0v) is 14.0. The van der Waals surface area contributed by atoms with Gasteiger partial charge in [-0.2, -0.15) is 0 Å². The highest BCUT2D eigenvalue weighted by atomic mass is 16.6. The van der Waals surface area contributed by atoms with Crippen molar-refractivity contribution in [1.29, 1.82) is 0 Å². The molecule has 2 bridgehead atoms. The molecule has 3 aliphatic carbocycles. The molecule has 4 fully saturated rings. The molecule has 0 N–H and O–H groups in total. The standard InChI is InChI=1S/C18H26O5/c1-3-18(7-5-4-6-8-18)23-17(20)13-10-9-11-12(13)16(19)22-15(11)14(10)21-2/h10-15H,3-9H2,1-2H3. The van der Waals surface area contributed by atoms with E-state index in [2.05, 4.69) is 6.92 Å². The molecule has 4 rings (SSSR count). The molecule has 1 saturated heterocycles. The van der Waals surface area contributed by atoms with Crippen molar-refractivity contribution in [3.8, 4) is 0 Å². The molecule has 0 aromatic carbocycles. The average molecular weight is 322 g/mol. The number of carbonyl (C=O) groups excluding carboxylic acids is 2. The minimum atomic E-state index is -0.374. The molecule has 0 amide bonds. The van der Waals surface area contributed by atoms with Gasteiger partial charge in [-0.25, -0.2) is 0 Å². The third-order valence-electron chi connectivity index (χ3n) is 6.82. The van der Waals surface area contributed by atoms with Gasteiger partial charge < -0.3 is 14.2 Å². The number of methoxy groups -OCH3 is 1. The Bertz CT molecular complexity index is 510. The molecule has 1 aliphatic heterocycles. The van der Waals surface area contributed by atoms with Crippen LogP contribution in [0.4, 0.5) is 0 Å². The van der Waals surface area contributed by atoms with Crippen molar-refractivity contribution in [3.63, 3.8) is 0 Å². The van der Waals surface area contributed by atoms with Gasteiger partial charge in [-0.1, -0.05) is 13.3 Å². The quantitative estimate of drug-likeness (QED) is 0.744. The number of esters is 2. The van der Waals surface area contributed by atoms with Gasteiger partial charge in [0.1, 0.15) is 11.7 Å². The summed E-state index contributed by atoms with van der Waals surface area (Å²) in [6.45, 7) is 2.09. The Kier molecular flexibility index (Phi) is 3.67. The van der Waals surface area contributed by atoms with Crippen LogP contribution in [0, 0.1) is 23.7 Å². The lowest BCUT2D eigenvalue weighted by Crippen LogP contribution is -2.45. The normalized spacial score (nSPS) is 43.5. The third-order valence-corrected chi connectivity index (χ3v) is 6.82. The second kappa shape index (κ2) is 5.47. The van der Waals surface area contributed by atoms with E-state index in [9.17, 15) is 9.59 Å². The first kappa shape index (κ1) is 15.4. The Morgan fingerprint density at radius 2 is 2.00 bits per heavy atom. The molecular formula is C18H26O5. The van der Waals surface area contributed by atoms with Crippen molar-refractivity contribution in [1.82, 2.24) is 0 Å². The number of hydrogen-bond acceptors (Lipinski definition) is 5. The Balaban J connectivity index is 1.55. The monoisotopic (exact) mass is 322 g/mol. The van der Waals surface area contributed by atoms with Gasteiger partial charge in [0.15, 0.2) is 0 Å². The molecule has 0 aromatic heterocycles. The fourth-order valence-corrected chi connectivity index (χ4v) is 5.63. The summed E-state index contributed by atoms with van der Waals surface area (Å²) < 4.78 is 17.1. The molecule has 128 valence electrons. The zero-order valence-electron chi connectivity index (χ0n) is 14.0. The van der Waals surface area contributed by atoms with Crippen LogP contribution in [-0.4, -0.2) is 36.9 Å². The summed E-state index contributed by atoms with van der Waals surface area (Å²) >= 11 is 0. The molecule has 3 saturated carbocycles. The Labute approximate surface area is 137 Å². The van der Waals surface area contributed by atoms with Gasteiger partial charge >= 0.3 is 11.9 Å². The van der Waals surface area contributed by atoms with Crippen molar-refractivity contribution in [2.45, 2.75) is 69.7 Å². The summed E-state index contributed by atoms with van der Waals surface area (Å²) in [7, 11) is 1.64. The Morgan fingerprint density at radius 1 is 1.26 bits per heavy atom. The van der Waals surface area contributed by atoms with Gasteiger partial charge in [-0.15, -0.1) is 0 Å². The molecule has 6 unspecified atom stereocenters. The predicted molar refractivity (Wildman–Crippen MR) is 81.5 cm³/mol. The summed E-state index contributed by atoms with van der Waals surface area (Å²) in [5.41, 5.74) is -0.318. The maximum Gasteiger partial charge on any atom is 0.310 e. The van der Waals surface area contributed by atoms with Crippen LogP contribution in [0.5, 0.6) is 0 Å². The van der Waals surface area contributed by atoms with Crippen LogP contribution < -0.4 is 0 Å². The van der Waals surface area contributed by atoms with Crippen LogP contribution in [0.25, 0.3) is 0 Å². The zero-order chi connectivity index (χ0) is 16.2. The van der Waals surface area contributed by atoms with Crippen LogP contribution in [0.3, 0.4) is 0 Å². The minimum absolute atomic E-state index is 0.0662. The first-order valence-corrected chi connectivity index (χ1v) is 9.06. The molecule has 5 heteroatoms. The van der Waals surface area contributed by atoms with E-state index in [4.69, 9.17) is 14.2 Å². The molecule has 6 atom stereocenters. The van der Waals surface area contributed by atoms with Crippen molar-refractivity contribution in [2.75, 3.05) is 7.11 Å². The first-order chi connectivity index (χ1) is 11.1. The van der Waals surface area contributed by atoms with Gasteiger partial charge in [0.05, 0.1) is 17.9 Å². The lowest BCUT2D eigenvalue weighted by atomic mass is 9.77. The van der Waals surface area contributed by atoms with Crippen molar-refractivity contribution < 1.29 is 23.8 Å². The van der Waals surface area contributed by atoms with Gasteiger partial charge in [-0.3, -0.25) is 9.59 Å². The average Bonchev–Trinajstić information content (AvgIpc) is 3.16. The lowest BCUT2D eigenvalue weighted by molar-refractivity contribution is -0.175. The molecule has 0 radical (unpaired) electrons. The first-order valence-electron chi connectivity index (χ1n) is 9.06. The second-order valence-electron chi connectivity index (χ2n) is 7.74. The molecule has 5 nitrogen and oxygen atoms in total. The maximum atomic E-state index is 13.0. The van der Waals surface area contributed by atoms with E-state index in [-0.39, 0.29) is 53.4 Å². The fraction of sp³-hybridized carbons (Fsp3) is 0.889. The van der Waals surface area contributed by atoms with E-state index in [0.717, 1.165) is 38.5 Å². The van der Waals surface area contributed by atoms with E-state index in [1.165, 1.54) is 6.42 Å². The van der Waals surface area contributed by atoms with Gasteiger partial charge in [-0.05, 0) is 38.5 Å². The Hall–Kier alpha value is -1.10. The summed E-state index contributed by atoms with van der Waals surface area (Å²) in [5.74, 6) is -0.887. The van der Waals surface area contributed by atoms with Crippen LogP contribution in [0.2, 0.25) is 0 Å². The molecular weight excluding hydrogens is 296 g/mol. The molecule has 23 heavy (non-hydrogen) atoms. The van der Waals surface area contributed by atoms with E-state index in [1.54, 1.807) is 7.11 Å². The number of hydrogen-bond donors (Lipinski definition) is 0. The fourth-order valence-electron chi connectivity index (χ4n) is 5.63. The van der Waals surface area contributed by atoms with E-state index >= 15 is 0 Å². The number of carbonyl (C=O) groups is 2. The van der Waals surface area contributed by atoms with Gasteiger partial charge in [0, 0.05) is 18.9 Å². The summed E-state index contributed by atoms with van der Waals surface area (Å²) in [6.07, 6.45) is 6.74. The van der Waals surface area contributed by atoms with Crippen molar-refractivity contribution >= 4 is 11.9 Å². The van der Waals surface area contributed by atoms with Crippen LogP contribution in [0.15, 0.2) is 0 Å². The van der Waals surface area contributed by atoms with Crippen molar-refractivity contribution in [2.24, 2.45) is 23.7 Å². The largest absolute Gasteiger partial charge is 0.459 e. The highest BCUT2D eigenvalue weighted by Crippen LogP contribution is 2.59. The van der Waals surface area contributed by atoms with E-state index in [0.29, 0.717) is 0 Å². The van der Waals surface area contributed by atoms with Gasteiger partial charge in [0.25, 0.3) is 0 Å². The van der Waals surface area contributed by atoms with E-state index in [1.807, 2.05) is 0 Å². The van der Waals surface area contributed by atoms with Crippen LogP contribution >= 0.6 is 0 Å². The number of rotatable bonds is 4. The highest BCUT2D eigenvalue weighted by molar-refractivity contribution is 5.86. The minimum Gasteiger partial charge on any atom is -0.459 e. The predicted octanol–water partition coefficient (Wildman–Crippen LogP) is 2.46. The molecule has 4 aliphatic rings. The van der Waals surface area contributed by atoms with Crippen LogP contribution in [0.1, 0.15) is 51.9 Å². The third kappa shape index (κ3) is 2.15. The van der Waals surface area contributed by atoms with Gasteiger partial charge in [0.2, 0.25) is 0 Å². The highest BCUT2D eigenvalue weighted by Gasteiger charge is 2.69. The summed E-state index contributed by atoms with van der Waals surface area (Å²) in [5, 5.41) is 0. The summed E-state index contributed by atoms with van der Waals surface area (Å²) in [4.78, 5) is 25.2. The second-order valence-corrected chi connectivity index (χ2v) is 7.74. The Morgan fingerprint density at radius 3 is 2.65 bits per heavy atom. The lowest BCUT2D eigenvalue weighted by Gasteiger charge is -2.38. The summed E-state index contributed by atoms with van der Waals surface area (Å²) in [6, 6.07) is 0. The molecule has 0 spiro atoms. The SMILES string of the molecule is CCC1(OC(=O)C2C3CC4C(OC(=O)C42)C3OC)CCCCC1. The van der Waals surface area contributed by atoms with Crippen molar-refractivity contribution in [3.05, 3.63) is 0 Å². The van der Waals surface area contributed by atoms with Crippen LogP contribution in [-0.2, 0) is 23.8 Å². The van der Waals surface area contributed by atoms with E-state index < -0.39 is 0 Å². The topological polar surface area (TPSA) is 61.8 Å². The molecule has 0 aromatic rings. The smallest absolute Gasteiger partial charge is 0.310 e. The number of ether oxygens (including phenoxy) is 3.